The first kappa shape index (κ1) is 8.27. The second kappa shape index (κ2) is 3.58. The summed E-state index contributed by atoms with van der Waals surface area (Å²) in [7, 11) is 1.72. The van der Waals surface area contributed by atoms with Crippen LogP contribution >= 0.6 is 0 Å². The van der Waals surface area contributed by atoms with Crippen molar-refractivity contribution in [3.8, 4) is 0 Å². The average Bonchev–Trinajstić information content (AvgIpc) is 2.18. The van der Waals surface area contributed by atoms with Crippen molar-refractivity contribution >= 4 is 10.8 Å². The van der Waals surface area contributed by atoms with Crippen molar-refractivity contribution < 1.29 is 6.16 Å². The van der Waals surface area contributed by atoms with Crippen LogP contribution in [-0.4, -0.2) is 7.11 Å². The van der Waals surface area contributed by atoms with Crippen LogP contribution in [0.1, 0.15) is 6.99 Å². The van der Waals surface area contributed by atoms with Crippen LogP contribution in [0, 0.1) is 0 Å². The zero-order valence-corrected chi connectivity index (χ0v) is 7.66. The molecule has 0 atom stereocenters. The molecular weight excluding hydrogens is 160 g/mol. The number of benzene rings is 2. The SMILES string of the molecule is COCc1ccc2ccccc2c1.[HH]. The number of hydrogen-bond donors (Lipinski definition) is 0. The molecule has 0 aliphatic rings. The van der Waals surface area contributed by atoms with Gasteiger partial charge in [-0.25, -0.2) is 0 Å². The van der Waals surface area contributed by atoms with Crippen LogP contribution in [0.25, 0.3) is 10.8 Å². The third-order valence-electron chi connectivity index (χ3n) is 2.12. The number of fused-ring (bicyclic) bond motifs is 1. The minimum Gasteiger partial charge on any atom is -0.380 e. The van der Waals surface area contributed by atoms with Crippen LogP contribution in [0.4, 0.5) is 0 Å². The van der Waals surface area contributed by atoms with Crippen LogP contribution < -0.4 is 0 Å². The minimum absolute atomic E-state index is 0. The molecule has 1 heteroatoms. The van der Waals surface area contributed by atoms with Crippen molar-refractivity contribution in [3.05, 3.63) is 48.0 Å². The molecule has 2 aromatic carbocycles. The van der Waals surface area contributed by atoms with Gasteiger partial charge in [0.05, 0.1) is 6.61 Å². The van der Waals surface area contributed by atoms with Gasteiger partial charge in [-0.15, -0.1) is 0 Å². The molecule has 68 valence electrons. The quantitative estimate of drug-likeness (QED) is 0.679. The van der Waals surface area contributed by atoms with Gasteiger partial charge >= 0.3 is 0 Å². The maximum atomic E-state index is 5.08. The van der Waals surface area contributed by atoms with E-state index in [1.807, 2.05) is 0 Å². The Morgan fingerprint density at radius 3 is 2.62 bits per heavy atom. The predicted octanol–water partition coefficient (Wildman–Crippen LogP) is 3.23. The van der Waals surface area contributed by atoms with Crippen molar-refractivity contribution in [1.29, 1.82) is 0 Å². The van der Waals surface area contributed by atoms with E-state index < -0.39 is 0 Å². The Morgan fingerprint density at radius 2 is 1.85 bits per heavy atom. The lowest BCUT2D eigenvalue weighted by Gasteiger charge is -2.01. The van der Waals surface area contributed by atoms with E-state index >= 15 is 0 Å². The van der Waals surface area contributed by atoms with Gasteiger partial charge in [-0.05, 0) is 22.4 Å². The van der Waals surface area contributed by atoms with Crippen molar-refractivity contribution in [2.24, 2.45) is 0 Å². The molecule has 0 aliphatic carbocycles. The lowest BCUT2D eigenvalue weighted by molar-refractivity contribution is 0.185. The summed E-state index contributed by atoms with van der Waals surface area (Å²) < 4.78 is 5.08. The van der Waals surface area contributed by atoms with Gasteiger partial charge < -0.3 is 4.74 Å². The molecule has 0 saturated heterocycles. The minimum atomic E-state index is 0. The molecular formula is C12H14O. The fourth-order valence-corrected chi connectivity index (χ4v) is 1.50. The van der Waals surface area contributed by atoms with Gasteiger partial charge in [0.2, 0.25) is 0 Å². The summed E-state index contributed by atoms with van der Waals surface area (Å²) in [5, 5.41) is 2.56. The third-order valence-corrected chi connectivity index (χ3v) is 2.12. The lowest BCUT2D eigenvalue weighted by Crippen LogP contribution is -1.86. The summed E-state index contributed by atoms with van der Waals surface area (Å²) in [5.74, 6) is 0. The van der Waals surface area contributed by atoms with Gasteiger partial charge in [0.25, 0.3) is 0 Å². The second-order valence-corrected chi connectivity index (χ2v) is 3.11. The highest BCUT2D eigenvalue weighted by Gasteiger charge is 1.94. The van der Waals surface area contributed by atoms with E-state index in [0.29, 0.717) is 6.61 Å². The average molecular weight is 174 g/mol. The highest BCUT2D eigenvalue weighted by atomic mass is 16.5. The third kappa shape index (κ3) is 1.70. The molecule has 0 aromatic heterocycles. The molecule has 0 amide bonds. The summed E-state index contributed by atoms with van der Waals surface area (Å²) in [6.45, 7) is 0.685. The Hall–Kier alpha value is -1.34. The maximum Gasteiger partial charge on any atom is 0.0713 e. The van der Waals surface area contributed by atoms with E-state index in [-0.39, 0.29) is 1.43 Å². The normalized spacial score (nSPS) is 10.5. The number of rotatable bonds is 2. The largest absolute Gasteiger partial charge is 0.380 e. The highest BCUT2D eigenvalue weighted by Crippen LogP contribution is 2.15. The van der Waals surface area contributed by atoms with Crippen LogP contribution in [0.15, 0.2) is 42.5 Å². The zero-order chi connectivity index (χ0) is 9.10. The van der Waals surface area contributed by atoms with Gasteiger partial charge in [0, 0.05) is 8.54 Å². The van der Waals surface area contributed by atoms with E-state index in [1.165, 1.54) is 16.3 Å². The van der Waals surface area contributed by atoms with Crippen LogP contribution in [0.3, 0.4) is 0 Å². The number of ether oxygens (including phenoxy) is 1. The molecule has 2 aromatic rings. The molecule has 0 spiro atoms. The molecule has 0 radical (unpaired) electrons. The van der Waals surface area contributed by atoms with Gasteiger partial charge in [0.15, 0.2) is 0 Å². The van der Waals surface area contributed by atoms with Crippen LogP contribution in [0.2, 0.25) is 0 Å². The summed E-state index contributed by atoms with van der Waals surface area (Å²) in [6.07, 6.45) is 0. The monoisotopic (exact) mass is 174 g/mol. The smallest absolute Gasteiger partial charge is 0.0713 e. The molecule has 1 nitrogen and oxygen atoms in total. The first-order chi connectivity index (χ1) is 6.40. The Kier molecular flexibility index (Phi) is 2.28. The second-order valence-electron chi connectivity index (χ2n) is 3.11. The molecule has 0 heterocycles. The molecule has 13 heavy (non-hydrogen) atoms. The number of methoxy groups -OCH3 is 1. The van der Waals surface area contributed by atoms with E-state index in [9.17, 15) is 0 Å². The summed E-state index contributed by atoms with van der Waals surface area (Å²) >= 11 is 0. The van der Waals surface area contributed by atoms with Gasteiger partial charge in [-0.2, -0.15) is 0 Å². The first-order valence-electron chi connectivity index (χ1n) is 4.37. The lowest BCUT2D eigenvalue weighted by atomic mass is 10.1. The van der Waals surface area contributed by atoms with Crippen LogP contribution in [0.5, 0.6) is 0 Å². The summed E-state index contributed by atoms with van der Waals surface area (Å²) in [6, 6.07) is 14.7. The van der Waals surface area contributed by atoms with Gasteiger partial charge in [0.1, 0.15) is 0 Å². The molecule has 2 rings (SSSR count). The Balaban J connectivity index is 0.000000980. The van der Waals surface area contributed by atoms with Crippen LogP contribution in [-0.2, 0) is 11.3 Å². The molecule has 0 aliphatic heterocycles. The topological polar surface area (TPSA) is 9.23 Å². The fraction of sp³-hybridized carbons (Fsp3) is 0.167. The molecule has 0 N–H and O–H groups in total. The molecule has 0 bridgehead atoms. The molecule has 0 saturated carbocycles. The predicted molar refractivity (Wildman–Crippen MR) is 56.8 cm³/mol. The van der Waals surface area contributed by atoms with Crippen molar-refractivity contribution in [1.82, 2.24) is 0 Å². The highest BCUT2D eigenvalue weighted by molar-refractivity contribution is 5.82. The maximum absolute atomic E-state index is 5.08. The molecule has 0 fully saturated rings. The summed E-state index contributed by atoms with van der Waals surface area (Å²) in [4.78, 5) is 0. The zero-order valence-electron chi connectivity index (χ0n) is 7.66. The van der Waals surface area contributed by atoms with Crippen molar-refractivity contribution in [2.75, 3.05) is 7.11 Å². The first-order valence-corrected chi connectivity index (χ1v) is 4.37. The van der Waals surface area contributed by atoms with E-state index in [4.69, 9.17) is 4.74 Å². The van der Waals surface area contributed by atoms with Gasteiger partial charge in [-0.3, -0.25) is 0 Å². The Labute approximate surface area is 79.4 Å². The molecule has 0 unspecified atom stereocenters. The number of hydrogen-bond acceptors (Lipinski definition) is 1. The Bertz CT molecular complexity index is 412. The van der Waals surface area contributed by atoms with E-state index in [0.717, 1.165) is 0 Å². The van der Waals surface area contributed by atoms with Crippen molar-refractivity contribution in [3.63, 3.8) is 0 Å². The fourth-order valence-electron chi connectivity index (χ4n) is 1.50. The van der Waals surface area contributed by atoms with Gasteiger partial charge in [-0.1, -0.05) is 36.4 Å². The standard InChI is InChI=1S/C12H12O.H2/c1-13-9-10-6-7-11-4-2-3-5-12(11)8-10;/h2-8H,9H2,1H3;1H. The van der Waals surface area contributed by atoms with E-state index in [1.54, 1.807) is 7.11 Å². The van der Waals surface area contributed by atoms with E-state index in [2.05, 4.69) is 42.5 Å². The van der Waals surface area contributed by atoms with Crippen molar-refractivity contribution in [2.45, 2.75) is 6.61 Å². The summed E-state index contributed by atoms with van der Waals surface area (Å²) in [5.41, 5.74) is 1.22. The Morgan fingerprint density at radius 1 is 1.08 bits per heavy atom.